The van der Waals surface area contributed by atoms with Gasteiger partial charge in [0.25, 0.3) is 0 Å². The molecule has 1 fully saturated rings. The molecule has 1 saturated carbocycles. The summed E-state index contributed by atoms with van der Waals surface area (Å²) in [5.41, 5.74) is 2.33. The first-order chi connectivity index (χ1) is 14.9. The van der Waals surface area contributed by atoms with Crippen molar-refractivity contribution in [1.82, 2.24) is 0 Å². The lowest BCUT2D eigenvalue weighted by Gasteiger charge is -2.22. The summed E-state index contributed by atoms with van der Waals surface area (Å²) in [5.74, 6) is -3.68. The number of esters is 1. The number of carbonyl (C=O) groups is 1. The summed E-state index contributed by atoms with van der Waals surface area (Å²) in [5, 5.41) is 0. The third-order valence-corrected chi connectivity index (χ3v) is 5.88. The molecule has 31 heavy (non-hydrogen) atoms. The molecule has 3 aromatic rings. The first kappa shape index (κ1) is 21.2. The van der Waals surface area contributed by atoms with E-state index in [0.29, 0.717) is 16.7 Å². The lowest BCUT2D eigenvalue weighted by molar-refractivity contribution is 0.0726. The highest BCUT2D eigenvalue weighted by Crippen LogP contribution is 2.36. The van der Waals surface area contributed by atoms with Gasteiger partial charge in [-0.3, -0.25) is 0 Å². The van der Waals surface area contributed by atoms with Gasteiger partial charge < -0.3 is 4.74 Å². The smallest absolute Gasteiger partial charge is 0.343 e. The van der Waals surface area contributed by atoms with Crippen molar-refractivity contribution in [1.29, 1.82) is 0 Å². The molecule has 0 aromatic heterocycles. The Kier molecular flexibility index (Phi) is 6.12. The summed E-state index contributed by atoms with van der Waals surface area (Å²) in [6.45, 7) is 1.80. The average molecular weight is 424 g/mol. The van der Waals surface area contributed by atoms with Crippen LogP contribution in [0.15, 0.2) is 54.6 Å². The van der Waals surface area contributed by atoms with Crippen LogP contribution in [0.4, 0.5) is 13.2 Å². The second-order valence-electron chi connectivity index (χ2n) is 8.07. The van der Waals surface area contributed by atoms with E-state index in [1.165, 1.54) is 30.3 Å². The van der Waals surface area contributed by atoms with Crippen LogP contribution in [0.2, 0.25) is 0 Å². The van der Waals surface area contributed by atoms with Gasteiger partial charge in [0.2, 0.25) is 5.82 Å². The Bertz CT molecular complexity index is 1100. The van der Waals surface area contributed by atoms with Crippen molar-refractivity contribution in [3.05, 3.63) is 88.7 Å². The molecule has 1 aliphatic rings. The molecule has 0 heterocycles. The third-order valence-electron chi connectivity index (χ3n) is 5.88. The summed E-state index contributed by atoms with van der Waals surface area (Å²) in [6.07, 6.45) is 4.80. The van der Waals surface area contributed by atoms with E-state index in [1.807, 2.05) is 0 Å². The summed E-state index contributed by atoms with van der Waals surface area (Å²) < 4.78 is 48.4. The van der Waals surface area contributed by atoms with Crippen molar-refractivity contribution < 1.29 is 22.7 Å². The van der Waals surface area contributed by atoms with Gasteiger partial charge in [-0.2, -0.15) is 4.39 Å². The second kappa shape index (κ2) is 8.96. The van der Waals surface area contributed by atoms with E-state index in [0.717, 1.165) is 37.7 Å². The molecular weight excluding hydrogens is 401 g/mol. The highest BCUT2D eigenvalue weighted by molar-refractivity contribution is 5.91. The zero-order valence-corrected chi connectivity index (χ0v) is 17.3. The number of rotatable bonds is 4. The Morgan fingerprint density at radius 2 is 1.58 bits per heavy atom. The number of hydrogen-bond acceptors (Lipinski definition) is 2. The SMILES string of the molecule is Cc1ccc(-c2ccc(C(=O)Oc3ccc(C4CCCCC4)c(F)c3F)cc2)c(F)c1. The fraction of sp³-hybridized carbons (Fsp3) is 0.269. The normalized spacial score (nSPS) is 14.5. The van der Waals surface area contributed by atoms with Crippen LogP contribution in [0, 0.1) is 24.4 Å². The van der Waals surface area contributed by atoms with Gasteiger partial charge in [-0.15, -0.1) is 0 Å². The summed E-state index contributed by atoms with van der Waals surface area (Å²) in [4.78, 5) is 12.4. The van der Waals surface area contributed by atoms with Gasteiger partial charge >= 0.3 is 5.97 Å². The van der Waals surface area contributed by atoms with Crippen LogP contribution in [0.1, 0.15) is 59.5 Å². The van der Waals surface area contributed by atoms with E-state index in [1.54, 1.807) is 31.2 Å². The van der Waals surface area contributed by atoms with Gasteiger partial charge in [0.15, 0.2) is 11.6 Å². The second-order valence-corrected chi connectivity index (χ2v) is 8.07. The molecule has 0 aliphatic heterocycles. The minimum atomic E-state index is -1.14. The van der Waals surface area contributed by atoms with E-state index in [9.17, 15) is 18.0 Å². The maximum absolute atomic E-state index is 14.6. The Morgan fingerprint density at radius 1 is 0.871 bits per heavy atom. The largest absolute Gasteiger partial charge is 0.420 e. The first-order valence-corrected chi connectivity index (χ1v) is 10.5. The summed E-state index contributed by atoms with van der Waals surface area (Å²) in [6, 6.07) is 13.9. The van der Waals surface area contributed by atoms with E-state index in [4.69, 9.17) is 4.74 Å². The van der Waals surface area contributed by atoms with Crippen LogP contribution >= 0.6 is 0 Å². The Balaban J connectivity index is 1.51. The maximum Gasteiger partial charge on any atom is 0.343 e. The van der Waals surface area contributed by atoms with Crippen molar-refractivity contribution in [2.75, 3.05) is 0 Å². The molecule has 0 atom stereocenters. The quantitative estimate of drug-likeness (QED) is 0.323. The Hall–Kier alpha value is -3.08. The van der Waals surface area contributed by atoms with E-state index < -0.39 is 23.4 Å². The number of carbonyl (C=O) groups excluding carboxylic acids is 1. The monoisotopic (exact) mass is 424 g/mol. The fourth-order valence-corrected chi connectivity index (χ4v) is 4.15. The molecule has 0 spiro atoms. The zero-order valence-electron chi connectivity index (χ0n) is 17.3. The molecule has 1 aliphatic carbocycles. The van der Waals surface area contributed by atoms with Crippen LogP contribution in [-0.4, -0.2) is 5.97 Å². The molecule has 0 amide bonds. The Morgan fingerprint density at radius 3 is 2.26 bits per heavy atom. The van der Waals surface area contributed by atoms with Crippen molar-refractivity contribution in [3.8, 4) is 16.9 Å². The molecule has 0 saturated heterocycles. The third kappa shape index (κ3) is 4.50. The van der Waals surface area contributed by atoms with Crippen LogP contribution in [0.3, 0.4) is 0 Å². The topological polar surface area (TPSA) is 26.3 Å². The van der Waals surface area contributed by atoms with Crippen LogP contribution in [0.25, 0.3) is 11.1 Å². The van der Waals surface area contributed by atoms with Gasteiger partial charge in [-0.1, -0.05) is 49.6 Å². The molecule has 0 N–H and O–H groups in total. The highest BCUT2D eigenvalue weighted by Gasteiger charge is 2.24. The van der Waals surface area contributed by atoms with Crippen LogP contribution in [0.5, 0.6) is 5.75 Å². The minimum Gasteiger partial charge on any atom is -0.420 e. The van der Waals surface area contributed by atoms with Crippen molar-refractivity contribution in [3.63, 3.8) is 0 Å². The summed E-state index contributed by atoms with van der Waals surface area (Å²) >= 11 is 0. The van der Waals surface area contributed by atoms with E-state index in [2.05, 4.69) is 0 Å². The van der Waals surface area contributed by atoms with E-state index in [-0.39, 0.29) is 17.3 Å². The predicted molar refractivity (Wildman–Crippen MR) is 114 cm³/mol. The molecule has 4 rings (SSSR count). The first-order valence-electron chi connectivity index (χ1n) is 10.5. The van der Waals surface area contributed by atoms with Gasteiger partial charge in [0.1, 0.15) is 5.82 Å². The van der Waals surface area contributed by atoms with Gasteiger partial charge in [-0.05, 0) is 66.6 Å². The number of benzene rings is 3. The standard InChI is InChI=1S/C26H23F3O2/c1-16-7-12-20(22(27)15-16)18-8-10-19(11-9-18)26(30)31-23-14-13-21(24(28)25(23)29)17-5-3-2-4-6-17/h7-15,17H,2-6H2,1H3. The average Bonchev–Trinajstić information content (AvgIpc) is 2.78. The van der Waals surface area contributed by atoms with E-state index >= 15 is 0 Å². The number of ether oxygens (including phenoxy) is 1. The molecule has 3 aromatic carbocycles. The van der Waals surface area contributed by atoms with Crippen molar-refractivity contribution in [2.45, 2.75) is 44.9 Å². The molecular formula is C26H23F3O2. The van der Waals surface area contributed by atoms with Crippen molar-refractivity contribution >= 4 is 5.97 Å². The lowest BCUT2D eigenvalue weighted by Crippen LogP contribution is -2.12. The van der Waals surface area contributed by atoms with Crippen LogP contribution < -0.4 is 4.74 Å². The summed E-state index contributed by atoms with van der Waals surface area (Å²) in [7, 11) is 0. The fourth-order valence-electron chi connectivity index (χ4n) is 4.15. The van der Waals surface area contributed by atoms with Gasteiger partial charge in [0.05, 0.1) is 5.56 Å². The van der Waals surface area contributed by atoms with Gasteiger partial charge in [0, 0.05) is 5.56 Å². The molecule has 0 unspecified atom stereocenters. The minimum absolute atomic E-state index is 0.00251. The molecule has 5 heteroatoms. The maximum atomic E-state index is 14.6. The predicted octanol–water partition coefficient (Wildman–Crippen LogP) is 7.35. The number of aryl methyl sites for hydroxylation is 1. The molecule has 2 nitrogen and oxygen atoms in total. The van der Waals surface area contributed by atoms with Crippen molar-refractivity contribution in [2.24, 2.45) is 0 Å². The lowest BCUT2D eigenvalue weighted by atomic mass is 9.84. The highest BCUT2D eigenvalue weighted by atomic mass is 19.2. The molecule has 0 bridgehead atoms. The Labute approximate surface area is 179 Å². The van der Waals surface area contributed by atoms with Crippen LogP contribution in [-0.2, 0) is 0 Å². The molecule has 0 radical (unpaired) electrons. The van der Waals surface area contributed by atoms with Gasteiger partial charge in [-0.25, -0.2) is 13.6 Å². The zero-order chi connectivity index (χ0) is 22.0. The number of hydrogen-bond donors (Lipinski definition) is 0. The number of halogens is 3. The molecule has 160 valence electrons.